The van der Waals surface area contributed by atoms with Crippen LogP contribution in [0.25, 0.3) is 10.2 Å². The number of nitrogens with zero attached hydrogens (tertiary/aromatic N) is 3. The fourth-order valence-corrected chi connectivity index (χ4v) is 3.87. The molecule has 0 N–H and O–H groups in total. The summed E-state index contributed by atoms with van der Waals surface area (Å²) in [5.74, 6) is 0.945. The molecule has 102 valence electrons. The smallest absolute Gasteiger partial charge is 0.141 e. The molecule has 0 saturated carbocycles. The van der Waals surface area contributed by atoms with E-state index in [1.165, 1.54) is 4.88 Å². The first-order valence-electron chi connectivity index (χ1n) is 6.06. The minimum absolute atomic E-state index is 0.734. The summed E-state index contributed by atoms with van der Waals surface area (Å²) in [5, 5.41) is 3.12. The van der Waals surface area contributed by atoms with Gasteiger partial charge in [0.15, 0.2) is 0 Å². The Morgan fingerprint density at radius 3 is 2.95 bits per heavy atom. The topological polar surface area (TPSA) is 29.0 Å². The Labute approximate surface area is 130 Å². The van der Waals surface area contributed by atoms with Crippen molar-refractivity contribution in [3.63, 3.8) is 0 Å². The summed E-state index contributed by atoms with van der Waals surface area (Å²) in [6.07, 6.45) is 3.50. The molecule has 0 aliphatic carbocycles. The molecule has 0 bridgehead atoms. The minimum Gasteiger partial charge on any atom is -0.347 e. The molecule has 0 radical (unpaired) electrons. The van der Waals surface area contributed by atoms with Gasteiger partial charge < -0.3 is 4.90 Å². The van der Waals surface area contributed by atoms with Crippen LogP contribution in [0, 0.1) is 0 Å². The summed E-state index contributed by atoms with van der Waals surface area (Å²) < 4.78 is 0.807. The predicted molar refractivity (Wildman–Crippen MR) is 88.0 cm³/mol. The monoisotopic (exact) mass is 321 g/mol. The molecule has 6 heteroatoms. The lowest BCUT2D eigenvalue weighted by atomic mass is 10.3. The molecule has 0 aliphatic heterocycles. The van der Waals surface area contributed by atoms with E-state index in [0.717, 1.165) is 33.5 Å². The second-order valence-corrected chi connectivity index (χ2v) is 6.91. The largest absolute Gasteiger partial charge is 0.347 e. The number of rotatable bonds is 5. The van der Waals surface area contributed by atoms with E-state index >= 15 is 0 Å². The van der Waals surface area contributed by atoms with E-state index in [0.29, 0.717) is 0 Å². The van der Waals surface area contributed by atoms with Gasteiger partial charge in [-0.15, -0.1) is 29.3 Å². The van der Waals surface area contributed by atoms with Crippen LogP contribution in [0.3, 0.4) is 0 Å². The molecule has 3 heterocycles. The van der Waals surface area contributed by atoms with Gasteiger partial charge in [0, 0.05) is 11.4 Å². The zero-order valence-corrected chi connectivity index (χ0v) is 13.0. The molecular formula is C14H12ClN3S2. The van der Waals surface area contributed by atoms with Gasteiger partial charge in [-0.1, -0.05) is 17.7 Å². The van der Waals surface area contributed by atoms with Crippen molar-refractivity contribution in [2.24, 2.45) is 0 Å². The summed E-state index contributed by atoms with van der Waals surface area (Å²) in [6.45, 7) is 5.34. The van der Waals surface area contributed by atoms with Crippen LogP contribution in [0.1, 0.15) is 4.88 Å². The lowest BCUT2D eigenvalue weighted by Gasteiger charge is -2.21. The molecule has 0 saturated heterocycles. The highest BCUT2D eigenvalue weighted by atomic mass is 35.5. The van der Waals surface area contributed by atoms with Gasteiger partial charge in [0.05, 0.1) is 16.3 Å². The lowest BCUT2D eigenvalue weighted by molar-refractivity contribution is 0.861. The molecule has 0 unspecified atom stereocenters. The van der Waals surface area contributed by atoms with Gasteiger partial charge >= 0.3 is 0 Å². The van der Waals surface area contributed by atoms with Crippen LogP contribution >= 0.6 is 34.3 Å². The average Bonchev–Trinajstić information content (AvgIpc) is 3.06. The second-order valence-electron chi connectivity index (χ2n) is 4.21. The number of thiophene rings is 2. The quantitative estimate of drug-likeness (QED) is 0.643. The molecule has 0 aromatic carbocycles. The van der Waals surface area contributed by atoms with Crippen LogP contribution < -0.4 is 4.90 Å². The third kappa shape index (κ3) is 2.70. The van der Waals surface area contributed by atoms with Crippen LogP contribution in [-0.4, -0.2) is 16.5 Å². The van der Waals surface area contributed by atoms with Gasteiger partial charge in [0.2, 0.25) is 0 Å². The van der Waals surface area contributed by atoms with Crippen LogP contribution in [0.2, 0.25) is 4.34 Å². The van der Waals surface area contributed by atoms with E-state index in [4.69, 9.17) is 11.6 Å². The third-order valence-electron chi connectivity index (χ3n) is 2.87. The molecule has 0 atom stereocenters. The maximum absolute atomic E-state index is 6.00. The Kier molecular flexibility index (Phi) is 4.00. The van der Waals surface area contributed by atoms with E-state index in [9.17, 15) is 0 Å². The highest BCUT2D eigenvalue weighted by Crippen LogP contribution is 2.29. The minimum atomic E-state index is 0.734. The zero-order valence-electron chi connectivity index (χ0n) is 10.6. The van der Waals surface area contributed by atoms with Gasteiger partial charge in [0.1, 0.15) is 17.0 Å². The first kappa shape index (κ1) is 13.5. The van der Waals surface area contributed by atoms with Crippen molar-refractivity contribution < 1.29 is 0 Å². The van der Waals surface area contributed by atoms with E-state index in [-0.39, 0.29) is 0 Å². The first-order valence-corrected chi connectivity index (χ1v) is 8.13. The van der Waals surface area contributed by atoms with Crippen LogP contribution in [0.4, 0.5) is 5.82 Å². The van der Waals surface area contributed by atoms with Crippen molar-refractivity contribution in [3.8, 4) is 0 Å². The second kappa shape index (κ2) is 5.91. The van der Waals surface area contributed by atoms with E-state index in [1.54, 1.807) is 29.0 Å². The van der Waals surface area contributed by atoms with Gasteiger partial charge in [-0.2, -0.15) is 0 Å². The predicted octanol–water partition coefficient (Wildman–Crippen LogP) is 4.60. The molecule has 0 amide bonds. The molecule has 20 heavy (non-hydrogen) atoms. The number of halogens is 1. The number of aromatic nitrogens is 2. The average molecular weight is 322 g/mol. The fraction of sp³-hybridized carbons (Fsp3) is 0.143. The van der Waals surface area contributed by atoms with E-state index in [2.05, 4.69) is 33.6 Å². The maximum Gasteiger partial charge on any atom is 0.141 e. The number of hydrogen-bond donors (Lipinski definition) is 0. The molecule has 3 aromatic heterocycles. The van der Waals surface area contributed by atoms with Crippen molar-refractivity contribution in [1.82, 2.24) is 9.97 Å². The number of anilines is 1. The normalized spacial score (nSPS) is 10.8. The molecule has 3 aromatic rings. The van der Waals surface area contributed by atoms with Crippen LogP contribution in [-0.2, 0) is 6.54 Å². The van der Waals surface area contributed by atoms with Crippen LogP contribution in [0.5, 0.6) is 0 Å². The molecular weight excluding hydrogens is 310 g/mol. The molecule has 3 rings (SSSR count). The van der Waals surface area contributed by atoms with Crippen molar-refractivity contribution in [2.75, 3.05) is 11.4 Å². The summed E-state index contributed by atoms with van der Waals surface area (Å²) in [7, 11) is 0. The Balaban J connectivity index is 1.97. The standard InChI is InChI=1S/C14H12ClN3S2/c1-2-6-18(8-10-3-4-12(15)20-10)13-11-5-7-19-14(11)17-9-16-13/h2-5,7,9H,1,6,8H2. The number of fused-ring (bicyclic) bond motifs is 1. The fourth-order valence-electron chi connectivity index (χ4n) is 2.04. The van der Waals surface area contributed by atoms with Crippen molar-refractivity contribution in [3.05, 3.63) is 51.8 Å². The van der Waals surface area contributed by atoms with E-state index in [1.807, 2.05) is 17.5 Å². The Morgan fingerprint density at radius 2 is 2.20 bits per heavy atom. The molecule has 0 aliphatic rings. The highest BCUT2D eigenvalue weighted by Gasteiger charge is 2.13. The van der Waals surface area contributed by atoms with Gasteiger partial charge in [-0.05, 0) is 23.6 Å². The summed E-state index contributed by atoms with van der Waals surface area (Å²) in [4.78, 5) is 13.1. The molecule has 0 spiro atoms. The first-order chi connectivity index (χ1) is 9.78. The lowest BCUT2D eigenvalue weighted by Crippen LogP contribution is -2.23. The molecule has 3 nitrogen and oxygen atoms in total. The Hall–Kier alpha value is -1.43. The Bertz CT molecular complexity index is 735. The van der Waals surface area contributed by atoms with Gasteiger partial charge in [-0.3, -0.25) is 0 Å². The third-order valence-corrected chi connectivity index (χ3v) is 4.90. The summed E-state index contributed by atoms with van der Waals surface area (Å²) in [6, 6.07) is 6.04. The van der Waals surface area contributed by atoms with Gasteiger partial charge in [0.25, 0.3) is 0 Å². The highest BCUT2D eigenvalue weighted by molar-refractivity contribution is 7.17. The molecule has 0 fully saturated rings. The van der Waals surface area contributed by atoms with Gasteiger partial charge in [-0.25, -0.2) is 9.97 Å². The maximum atomic E-state index is 6.00. The van der Waals surface area contributed by atoms with Crippen LogP contribution in [0.15, 0.2) is 42.6 Å². The number of hydrogen-bond acceptors (Lipinski definition) is 5. The summed E-state index contributed by atoms with van der Waals surface area (Å²) in [5.41, 5.74) is 0. The van der Waals surface area contributed by atoms with Crippen molar-refractivity contribution in [1.29, 1.82) is 0 Å². The summed E-state index contributed by atoms with van der Waals surface area (Å²) >= 11 is 9.22. The SMILES string of the molecule is C=CCN(Cc1ccc(Cl)s1)c1ncnc2sccc12. The van der Waals surface area contributed by atoms with E-state index < -0.39 is 0 Å². The zero-order chi connectivity index (χ0) is 13.9. The van der Waals surface area contributed by atoms with Crippen molar-refractivity contribution >= 4 is 50.3 Å². The van der Waals surface area contributed by atoms with Crippen molar-refractivity contribution in [2.45, 2.75) is 6.54 Å². The Morgan fingerprint density at radius 1 is 1.30 bits per heavy atom.